The first-order valence-electron chi connectivity index (χ1n) is 20.0. The van der Waals surface area contributed by atoms with Gasteiger partial charge in [0.15, 0.2) is 0 Å². The summed E-state index contributed by atoms with van der Waals surface area (Å²) < 4.78 is 14.2. The van der Waals surface area contributed by atoms with E-state index in [1.54, 1.807) is 0 Å². The number of nitriles is 1. The van der Waals surface area contributed by atoms with Gasteiger partial charge in [0.05, 0.1) is 11.6 Å². The molecule has 0 N–H and O–H groups in total. The molecule has 11 aromatic rings. The summed E-state index contributed by atoms with van der Waals surface area (Å²) in [6.07, 6.45) is 0. The second-order valence-corrected chi connectivity index (χ2v) is 15.7. The zero-order valence-corrected chi connectivity index (χ0v) is 31.9. The Morgan fingerprint density at radius 2 is 1.02 bits per heavy atom. The molecule has 12 rings (SSSR count). The predicted molar refractivity (Wildman–Crippen MR) is 245 cm³/mol. The van der Waals surface area contributed by atoms with Crippen LogP contribution in [0.4, 0.5) is 15.8 Å². The van der Waals surface area contributed by atoms with Gasteiger partial charge in [-0.25, -0.2) is 4.39 Å². The van der Waals surface area contributed by atoms with E-state index in [1.807, 2.05) is 18.2 Å². The maximum Gasteiger partial charge on any atom is 0.123 e. The van der Waals surface area contributed by atoms with E-state index in [0.717, 1.165) is 49.6 Å². The monoisotopic (exact) mass is 752 g/mol. The van der Waals surface area contributed by atoms with Crippen LogP contribution in [0.1, 0.15) is 11.1 Å². The van der Waals surface area contributed by atoms with Crippen LogP contribution >= 0.6 is 0 Å². The summed E-state index contributed by atoms with van der Waals surface area (Å²) in [6.45, 7) is 0.620. The Morgan fingerprint density at radius 3 is 1.69 bits per heavy atom. The summed E-state index contributed by atoms with van der Waals surface area (Å²) in [4.78, 5) is 2.26. The average molecular weight is 753 g/mol. The van der Waals surface area contributed by atoms with Gasteiger partial charge in [-0.05, 0) is 147 Å². The highest BCUT2D eigenvalue weighted by atomic mass is 19.1. The summed E-state index contributed by atoms with van der Waals surface area (Å²) in [5.74, 6) is -0.261. The van der Waals surface area contributed by atoms with Crippen LogP contribution in [-0.2, 0) is 6.54 Å². The van der Waals surface area contributed by atoms with Gasteiger partial charge in [-0.1, -0.05) is 133 Å². The lowest BCUT2D eigenvalue weighted by Crippen LogP contribution is -2.20. The Labute approximate surface area is 340 Å². The topological polar surface area (TPSA) is 27.0 Å². The van der Waals surface area contributed by atoms with Gasteiger partial charge in [0.1, 0.15) is 5.82 Å². The molecule has 59 heavy (non-hydrogen) atoms. The minimum absolute atomic E-state index is 0.261. The van der Waals surface area contributed by atoms with Gasteiger partial charge >= 0.3 is 0 Å². The van der Waals surface area contributed by atoms with E-state index in [-0.39, 0.29) is 5.82 Å². The second kappa shape index (κ2) is 12.9. The van der Waals surface area contributed by atoms with Gasteiger partial charge in [0.2, 0.25) is 0 Å². The number of rotatable bonds is 4. The van der Waals surface area contributed by atoms with Crippen LogP contribution in [0.25, 0.3) is 98.0 Å². The zero-order valence-electron chi connectivity index (χ0n) is 31.9. The number of fused-ring (bicyclic) bond motifs is 4. The van der Waals surface area contributed by atoms with E-state index in [4.69, 9.17) is 0 Å². The van der Waals surface area contributed by atoms with Crippen molar-refractivity contribution in [1.29, 1.82) is 5.26 Å². The molecule has 0 radical (unpaired) electrons. The molecule has 2 nitrogen and oxygen atoms in total. The first-order valence-corrected chi connectivity index (χ1v) is 20.0. The number of hydrogen-bond donors (Lipinski definition) is 0. The highest BCUT2D eigenvalue weighted by Crippen LogP contribution is 2.49. The summed E-state index contributed by atoms with van der Waals surface area (Å²) in [6, 6.07) is 68.6. The van der Waals surface area contributed by atoms with Crippen LogP contribution in [0, 0.1) is 17.1 Å². The number of nitrogens with zero attached hydrogens (tertiary/aromatic N) is 2. The summed E-state index contributed by atoms with van der Waals surface area (Å²) >= 11 is 0. The Balaban J connectivity index is 1.17. The fourth-order valence-corrected chi connectivity index (χ4v) is 9.81. The van der Waals surface area contributed by atoms with Gasteiger partial charge < -0.3 is 4.90 Å². The maximum absolute atomic E-state index is 14.2. The normalized spacial score (nSPS) is 12.4. The predicted octanol–water partition coefficient (Wildman–Crippen LogP) is 15.3. The Bertz CT molecular complexity index is 3610. The van der Waals surface area contributed by atoms with Crippen molar-refractivity contribution >= 4 is 76.0 Å². The summed E-state index contributed by atoms with van der Waals surface area (Å²) in [7, 11) is 0. The molecule has 274 valence electrons. The molecule has 1 aliphatic rings. The molecule has 1 heterocycles. The molecule has 0 fully saturated rings. The number of anilines is 2. The van der Waals surface area contributed by atoms with Crippen molar-refractivity contribution < 1.29 is 4.39 Å². The van der Waals surface area contributed by atoms with Crippen LogP contribution in [0.2, 0.25) is 0 Å². The molecular formula is C56H33FN2. The Kier molecular flexibility index (Phi) is 7.27. The van der Waals surface area contributed by atoms with E-state index in [2.05, 4.69) is 169 Å². The smallest absolute Gasteiger partial charge is 0.123 e. The zero-order chi connectivity index (χ0) is 39.2. The van der Waals surface area contributed by atoms with Crippen LogP contribution in [-0.4, -0.2) is 0 Å². The van der Waals surface area contributed by atoms with E-state index in [1.165, 1.54) is 77.5 Å². The summed E-state index contributed by atoms with van der Waals surface area (Å²) in [5, 5.41) is 24.1. The molecule has 3 heteroatoms. The molecule has 0 spiro atoms. The second-order valence-electron chi connectivity index (χ2n) is 15.7. The minimum atomic E-state index is -0.261. The number of halogens is 1. The third-order valence-corrected chi connectivity index (χ3v) is 12.5. The van der Waals surface area contributed by atoms with Crippen molar-refractivity contribution in [2.24, 2.45) is 0 Å². The maximum atomic E-state index is 14.2. The standard InChI is InChI=1S/C56H33FN2/c57-43-20-22-44(23-21-43)59-33-42-18-17-41(32-58)46-25-26-49-45(27-28-52(59)56(49)55(42)46)38-19-24-50-51(31-38)54(40-16-14-35-8-2-4-10-37(35)30-40)48-12-6-5-11-47(48)53(50)39-15-13-34-7-1-3-9-36(34)29-39/h1-31H,33H2. The van der Waals surface area contributed by atoms with Crippen molar-refractivity contribution in [2.45, 2.75) is 6.54 Å². The van der Waals surface area contributed by atoms with Crippen molar-refractivity contribution in [3.63, 3.8) is 0 Å². The molecule has 0 atom stereocenters. The molecule has 0 bridgehead atoms. The van der Waals surface area contributed by atoms with E-state index < -0.39 is 0 Å². The summed E-state index contributed by atoms with van der Waals surface area (Å²) in [5.41, 5.74) is 10.8. The van der Waals surface area contributed by atoms with Crippen molar-refractivity contribution in [2.75, 3.05) is 4.90 Å². The van der Waals surface area contributed by atoms with Gasteiger partial charge in [-0.15, -0.1) is 0 Å². The molecule has 11 aromatic carbocycles. The molecule has 1 aliphatic heterocycles. The fourth-order valence-electron chi connectivity index (χ4n) is 9.81. The molecule has 0 amide bonds. The first-order chi connectivity index (χ1) is 29.1. The molecule has 0 saturated carbocycles. The molecule has 0 aliphatic carbocycles. The Morgan fingerprint density at radius 1 is 0.441 bits per heavy atom. The lowest BCUT2D eigenvalue weighted by Gasteiger charge is -2.32. The third-order valence-electron chi connectivity index (χ3n) is 12.5. The molecule has 0 saturated heterocycles. The SMILES string of the molecule is N#Cc1ccc2c3c1ccc1c(-c4ccc5c(-c6ccc7ccccc7c6)c6ccccc6c(-c6ccc7ccccc7c6)c5c4)ccc(c13)N(c1ccc(F)cc1)C2. The fraction of sp³-hybridized carbons (Fsp3) is 0.0179. The van der Waals surface area contributed by atoms with Crippen LogP contribution in [0.15, 0.2) is 188 Å². The lowest BCUT2D eigenvalue weighted by molar-refractivity contribution is 0.627. The van der Waals surface area contributed by atoms with E-state index in [9.17, 15) is 9.65 Å². The molecule has 0 unspecified atom stereocenters. The van der Waals surface area contributed by atoms with Gasteiger partial charge in [-0.2, -0.15) is 5.26 Å². The van der Waals surface area contributed by atoms with Crippen LogP contribution in [0.3, 0.4) is 0 Å². The average Bonchev–Trinajstić information content (AvgIpc) is 3.29. The van der Waals surface area contributed by atoms with E-state index >= 15 is 0 Å². The van der Waals surface area contributed by atoms with Gasteiger partial charge in [-0.3, -0.25) is 0 Å². The van der Waals surface area contributed by atoms with Crippen molar-refractivity contribution in [3.05, 3.63) is 205 Å². The molecular weight excluding hydrogens is 720 g/mol. The Hall–Kier alpha value is -7.80. The highest BCUT2D eigenvalue weighted by molar-refractivity contribution is 6.24. The van der Waals surface area contributed by atoms with Crippen molar-refractivity contribution in [1.82, 2.24) is 0 Å². The van der Waals surface area contributed by atoms with E-state index in [0.29, 0.717) is 12.1 Å². The van der Waals surface area contributed by atoms with Gasteiger partial charge in [0, 0.05) is 28.7 Å². The van der Waals surface area contributed by atoms with Crippen LogP contribution in [0.5, 0.6) is 0 Å². The van der Waals surface area contributed by atoms with Crippen molar-refractivity contribution in [3.8, 4) is 39.4 Å². The molecule has 0 aromatic heterocycles. The largest absolute Gasteiger partial charge is 0.336 e. The lowest BCUT2D eigenvalue weighted by atomic mass is 9.83. The minimum Gasteiger partial charge on any atom is -0.336 e. The number of benzene rings is 11. The highest BCUT2D eigenvalue weighted by Gasteiger charge is 2.26. The number of hydrogen-bond acceptors (Lipinski definition) is 2. The first kappa shape index (κ1) is 33.4. The van der Waals surface area contributed by atoms with Crippen LogP contribution < -0.4 is 4.90 Å². The van der Waals surface area contributed by atoms with Gasteiger partial charge in [0.25, 0.3) is 0 Å². The third kappa shape index (κ3) is 5.10. The quantitative estimate of drug-likeness (QED) is 0.132.